The second kappa shape index (κ2) is 4.55. The van der Waals surface area contributed by atoms with Crippen LogP contribution in [0.25, 0.3) is 0 Å². The van der Waals surface area contributed by atoms with Gasteiger partial charge in [-0.05, 0) is 5.56 Å². The lowest BCUT2D eigenvalue weighted by Crippen LogP contribution is -2.12. The van der Waals surface area contributed by atoms with Gasteiger partial charge in [0.05, 0.1) is 5.92 Å². The maximum absolute atomic E-state index is 11.3. The molecule has 0 fully saturated rings. The average molecular weight is 176 g/mol. The Bertz CT molecular complexity index is 290. The molecule has 0 aliphatic rings. The number of carbonyl (C=O) groups excluding carboxylic acids is 2. The number of ketones is 1. The third-order valence-electron chi connectivity index (χ3n) is 1.99. The van der Waals surface area contributed by atoms with Crippen LogP contribution in [0, 0.1) is 0 Å². The fraction of sp³-hybridized carbons (Fsp3) is 0.273. The molecule has 0 aliphatic heterocycles. The summed E-state index contributed by atoms with van der Waals surface area (Å²) in [6.45, 7) is 1.77. The van der Waals surface area contributed by atoms with Gasteiger partial charge in [-0.25, -0.2) is 0 Å². The van der Waals surface area contributed by atoms with Gasteiger partial charge in [-0.2, -0.15) is 0 Å². The van der Waals surface area contributed by atoms with Crippen LogP contribution in [0.15, 0.2) is 30.3 Å². The van der Waals surface area contributed by atoms with Gasteiger partial charge >= 0.3 is 0 Å². The monoisotopic (exact) mass is 176 g/mol. The van der Waals surface area contributed by atoms with Crippen molar-refractivity contribution in [2.45, 2.75) is 19.3 Å². The summed E-state index contributed by atoms with van der Waals surface area (Å²) in [5.41, 5.74) is 0.782. The Morgan fingerprint density at radius 2 is 2.00 bits per heavy atom. The SMILES string of the molecule is CCC(=O)C(C=O)c1ccccc1. The molecule has 0 saturated heterocycles. The van der Waals surface area contributed by atoms with Crippen molar-refractivity contribution in [1.29, 1.82) is 0 Å². The molecular weight excluding hydrogens is 164 g/mol. The van der Waals surface area contributed by atoms with Gasteiger partial charge in [0.15, 0.2) is 0 Å². The fourth-order valence-electron chi connectivity index (χ4n) is 1.22. The second-order valence-electron chi connectivity index (χ2n) is 2.84. The van der Waals surface area contributed by atoms with Crippen LogP contribution in [0.3, 0.4) is 0 Å². The zero-order valence-electron chi connectivity index (χ0n) is 7.57. The highest BCUT2D eigenvalue weighted by Crippen LogP contribution is 2.15. The number of carbonyl (C=O) groups is 2. The average Bonchev–Trinajstić information content (AvgIpc) is 2.20. The third-order valence-corrected chi connectivity index (χ3v) is 1.99. The molecular formula is C11H12O2. The largest absolute Gasteiger partial charge is 0.302 e. The number of benzene rings is 1. The number of hydrogen-bond donors (Lipinski definition) is 0. The van der Waals surface area contributed by atoms with Crippen LogP contribution in [-0.2, 0) is 9.59 Å². The molecule has 2 heteroatoms. The molecule has 1 rings (SSSR count). The van der Waals surface area contributed by atoms with Crippen LogP contribution in [0.4, 0.5) is 0 Å². The highest BCUT2D eigenvalue weighted by Gasteiger charge is 2.16. The molecule has 0 saturated carbocycles. The molecule has 1 atom stereocenters. The smallest absolute Gasteiger partial charge is 0.147 e. The molecule has 2 nitrogen and oxygen atoms in total. The first-order chi connectivity index (χ1) is 6.29. The number of Topliss-reactive ketones (excluding diaryl/α,β-unsaturated/α-hetero) is 1. The summed E-state index contributed by atoms with van der Waals surface area (Å²) in [5, 5.41) is 0. The highest BCUT2D eigenvalue weighted by molar-refractivity contribution is 5.98. The Hall–Kier alpha value is -1.44. The van der Waals surface area contributed by atoms with Crippen molar-refractivity contribution in [2.75, 3.05) is 0 Å². The molecule has 1 unspecified atom stereocenters. The van der Waals surface area contributed by atoms with Gasteiger partial charge in [0.25, 0.3) is 0 Å². The van der Waals surface area contributed by atoms with Crippen molar-refractivity contribution < 1.29 is 9.59 Å². The molecule has 1 aromatic rings. The van der Waals surface area contributed by atoms with Crippen LogP contribution < -0.4 is 0 Å². The van der Waals surface area contributed by atoms with Gasteiger partial charge in [0, 0.05) is 6.42 Å². The Morgan fingerprint density at radius 3 is 2.46 bits per heavy atom. The summed E-state index contributed by atoms with van der Waals surface area (Å²) in [5.74, 6) is -0.604. The summed E-state index contributed by atoms with van der Waals surface area (Å²) in [7, 11) is 0. The van der Waals surface area contributed by atoms with E-state index in [2.05, 4.69) is 0 Å². The Kier molecular flexibility index (Phi) is 3.38. The minimum absolute atomic E-state index is 0.0267. The van der Waals surface area contributed by atoms with E-state index in [9.17, 15) is 9.59 Å². The molecule has 0 radical (unpaired) electrons. The number of rotatable bonds is 4. The number of hydrogen-bond acceptors (Lipinski definition) is 2. The van der Waals surface area contributed by atoms with Crippen LogP contribution in [0.1, 0.15) is 24.8 Å². The van der Waals surface area contributed by atoms with Crippen LogP contribution in [0.5, 0.6) is 0 Å². The highest BCUT2D eigenvalue weighted by atomic mass is 16.1. The van der Waals surface area contributed by atoms with E-state index in [-0.39, 0.29) is 5.78 Å². The molecule has 68 valence electrons. The van der Waals surface area contributed by atoms with Gasteiger partial charge in [0.2, 0.25) is 0 Å². The van der Waals surface area contributed by atoms with E-state index >= 15 is 0 Å². The molecule has 0 bridgehead atoms. The Morgan fingerprint density at radius 1 is 1.38 bits per heavy atom. The van der Waals surface area contributed by atoms with Crippen LogP contribution >= 0.6 is 0 Å². The molecule has 0 N–H and O–H groups in total. The van der Waals surface area contributed by atoms with Crippen molar-refractivity contribution in [3.05, 3.63) is 35.9 Å². The van der Waals surface area contributed by atoms with Crippen molar-refractivity contribution >= 4 is 12.1 Å². The quantitative estimate of drug-likeness (QED) is 0.519. The summed E-state index contributed by atoms with van der Waals surface area (Å²) < 4.78 is 0. The normalized spacial score (nSPS) is 12.1. The van der Waals surface area contributed by atoms with E-state index in [1.165, 1.54) is 0 Å². The second-order valence-corrected chi connectivity index (χ2v) is 2.84. The third kappa shape index (κ3) is 2.25. The summed E-state index contributed by atoms with van der Waals surface area (Å²) in [6.07, 6.45) is 1.11. The first kappa shape index (κ1) is 9.65. The van der Waals surface area contributed by atoms with Crippen molar-refractivity contribution in [3.8, 4) is 0 Å². The standard InChI is InChI=1S/C11H12O2/c1-2-11(13)10(8-12)9-6-4-3-5-7-9/h3-8,10H,2H2,1H3. The number of aldehydes is 1. The lowest BCUT2D eigenvalue weighted by Gasteiger charge is -2.06. The van der Waals surface area contributed by atoms with E-state index in [1.54, 1.807) is 19.1 Å². The minimum Gasteiger partial charge on any atom is -0.302 e. The van der Waals surface area contributed by atoms with E-state index in [0.29, 0.717) is 12.7 Å². The Labute approximate surface area is 77.6 Å². The summed E-state index contributed by atoms with van der Waals surface area (Å²) in [6, 6.07) is 9.12. The van der Waals surface area contributed by atoms with E-state index in [0.717, 1.165) is 5.56 Å². The predicted octanol–water partition coefficient (Wildman–Crippen LogP) is 1.95. The lowest BCUT2D eigenvalue weighted by atomic mass is 9.95. The molecule has 0 amide bonds. The lowest BCUT2D eigenvalue weighted by molar-refractivity contribution is -0.124. The van der Waals surface area contributed by atoms with Crippen LogP contribution in [0.2, 0.25) is 0 Å². The van der Waals surface area contributed by atoms with Crippen molar-refractivity contribution in [2.24, 2.45) is 0 Å². The van der Waals surface area contributed by atoms with Gasteiger partial charge in [-0.1, -0.05) is 37.3 Å². The van der Waals surface area contributed by atoms with Crippen molar-refractivity contribution in [1.82, 2.24) is 0 Å². The Balaban J connectivity index is 2.91. The first-order valence-electron chi connectivity index (χ1n) is 4.32. The van der Waals surface area contributed by atoms with Gasteiger partial charge < -0.3 is 4.79 Å². The first-order valence-corrected chi connectivity index (χ1v) is 4.32. The maximum atomic E-state index is 11.3. The maximum Gasteiger partial charge on any atom is 0.147 e. The zero-order chi connectivity index (χ0) is 9.68. The van der Waals surface area contributed by atoms with Crippen molar-refractivity contribution in [3.63, 3.8) is 0 Å². The zero-order valence-corrected chi connectivity index (χ0v) is 7.57. The molecule has 0 aliphatic carbocycles. The molecule has 1 aromatic carbocycles. The molecule has 13 heavy (non-hydrogen) atoms. The summed E-state index contributed by atoms with van der Waals surface area (Å²) >= 11 is 0. The van der Waals surface area contributed by atoms with E-state index in [4.69, 9.17) is 0 Å². The van der Waals surface area contributed by atoms with Crippen LogP contribution in [-0.4, -0.2) is 12.1 Å². The predicted molar refractivity (Wildman–Crippen MR) is 50.5 cm³/mol. The molecule has 0 heterocycles. The topological polar surface area (TPSA) is 34.1 Å². The molecule has 0 spiro atoms. The van der Waals surface area contributed by atoms with Gasteiger partial charge in [-0.3, -0.25) is 4.79 Å². The van der Waals surface area contributed by atoms with Gasteiger partial charge in [0.1, 0.15) is 12.1 Å². The molecule has 0 aromatic heterocycles. The van der Waals surface area contributed by atoms with E-state index < -0.39 is 5.92 Å². The fourth-order valence-corrected chi connectivity index (χ4v) is 1.22. The van der Waals surface area contributed by atoms with E-state index in [1.807, 2.05) is 18.2 Å². The summed E-state index contributed by atoms with van der Waals surface area (Å²) in [4.78, 5) is 22.0. The van der Waals surface area contributed by atoms with Gasteiger partial charge in [-0.15, -0.1) is 0 Å². The minimum atomic E-state index is -0.578.